The van der Waals surface area contributed by atoms with Gasteiger partial charge in [0, 0.05) is 8.80 Å². The Morgan fingerprint density at radius 3 is 2.40 bits per heavy atom. The SMILES string of the molecule is C=CCCC(C[SiH](C)C(C)(C)C)[S-](=N)=O. The second-order valence-electron chi connectivity index (χ2n) is 5.29. The molecule has 0 aromatic heterocycles. The van der Waals surface area contributed by atoms with E-state index in [-0.39, 0.29) is 5.25 Å². The van der Waals surface area contributed by atoms with Gasteiger partial charge in [0.25, 0.3) is 0 Å². The van der Waals surface area contributed by atoms with Crippen LogP contribution in [-0.2, 0) is 14.8 Å². The van der Waals surface area contributed by atoms with Crippen molar-refractivity contribution in [2.45, 2.75) is 56.5 Å². The molecule has 1 N–H and O–H groups in total. The normalized spacial score (nSPS) is 16.3. The Balaban J connectivity index is 4.35. The van der Waals surface area contributed by atoms with Crippen LogP contribution in [0.1, 0.15) is 33.6 Å². The zero-order chi connectivity index (χ0) is 12.1. The Bertz CT molecular complexity index is 260. The van der Waals surface area contributed by atoms with Crippen LogP contribution in [0.5, 0.6) is 0 Å². The minimum atomic E-state index is -1.42. The Kier molecular flexibility index (Phi) is 6.44. The van der Waals surface area contributed by atoms with Crippen LogP contribution in [0.2, 0.25) is 17.6 Å². The molecule has 90 valence electrons. The predicted octanol–water partition coefficient (Wildman–Crippen LogP) is 3.70. The van der Waals surface area contributed by atoms with Gasteiger partial charge in [-0.15, -0.1) is 6.58 Å². The van der Waals surface area contributed by atoms with Crippen molar-refractivity contribution in [3.63, 3.8) is 0 Å². The molecular formula is C11H24NOSSi-. The molecule has 0 spiro atoms. The molecule has 0 radical (unpaired) electrons. The molecule has 0 bridgehead atoms. The maximum absolute atomic E-state index is 11.3. The van der Waals surface area contributed by atoms with E-state index in [9.17, 15) is 4.21 Å². The van der Waals surface area contributed by atoms with Crippen LogP contribution in [0.4, 0.5) is 0 Å². The predicted molar refractivity (Wildman–Crippen MR) is 71.5 cm³/mol. The fourth-order valence-electron chi connectivity index (χ4n) is 1.36. The second kappa shape index (κ2) is 6.48. The zero-order valence-electron chi connectivity index (χ0n) is 10.4. The molecule has 0 aliphatic carbocycles. The van der Waals surface area contributed by atoms with Crippen molar-refractivity contribution < 1.29 is 4.21 Å². The second-order valence-corrected chi connectivity index (χ2v) is 10.6. The third kappa shape index (κ3) is 6.15. The first-order valence-corrected chi connectivity index (χ1v) is 9.28. The Hall–Kier alpha value is -0.0931. The lowest BCUT2D eigenvalue weighted by atomic mass is 10.2. The molecule has 0 aromatic carbocycles. The molecule has 2 atom stereocenters. The third-order valence-corrected chi connectivity index (χ3v) is 8.70. The number of hydrogen-bond acceptors (Lipinski definition) is 3. The van der Waals surface area contributed by atoms with Gasteiger partial charge in [-0.25, -0.2) is 0 Å². The van der Waals surface area contributed by atoms with Crippen molar-refractivity contribution in [3.8, 4) is 0 Å². The van der Waals surface area contributed by atoms with E-state index in [1.807, 2.05) is 6.08 Å². The first-order valence-electron chi connectivity index (χ1n) is 5.51. The third-order valence-electron chi connectivity index (χ3n) is 3.09. The summed E-state index contributed by atoms with van der Waals surface area (Å²) in [6.45, 7) is 12.7. The zero-order valence-corrected chi connectivity index (χ0v) is 12.3. The summed E-state index contributed by atoms with van der Waals surface area (Å²) in [6, 6.07) is 1.01. The highest BCUT2D eigenvalue weighted by atomic mass is 32.2. The van der Waals surface area contributed by atoms with Gasteiger partial charge < -0.3 is 8.99 Å². The molecule has 0 aliphatic rings. The lowest BCUT2D eigenvalue weighted by Crippen LogP contribution is -2.27. The fraction of sp³-hybridized carbons (Fsp3) is 0.818. The molecule has 2 nitrogen and oxygen atoms in total. The van der Waals surface area contributed by atoms with Crippen molar-refractivity contribution >= 4 is 19.4 Å². The van der Waals surface area contributed by atoms with E-state index in [0.29, 0.717) is 5.04 Å². The molecule has 4 heteroatoms. The standard InChI is InChI=1S/C11H24NOSSi/c1-6-7-8-10(14(12)13)9-15(5)11(2,3)4/h6,10,12,15H,1,7-9H2,2-5H3/q-1. The highest BCUT2D eigenvalue weighted by molar-refractivity contribution is 7.74. The highest BCUT2D eigenvalue weighted by Gasteiger charge is 2.22. The van der Waals surface area contributed by atoms with Crippen molar-refractivity contribution in [2.24, 2.45) is 0 Å². The van der Waals surface area contributed by atoms with Crippen LogP contribution >= 0.6 is 0 Å². The summed E-state index contributed by atoms with van der Waals surface area (Å²) in [4.78, 5) is 0. The van der Waals surface area contributed by atoms with Gasteiger partial charge in [0.2, 0.25) is 0 Å². The largest absolute Gasteiger partial charge is 0.444 e. The van der Waals surface area contributed by atoms with E-state index in [1.165, 1.54) is 0 Å². The van der Waals surface area contributed by atoms with Gasteiger partial charge in [-0.3, -0.25) is 0 Å². The molecule has 0 aliphatic heterocycles. The van der Waals surface area contributed by atoms with Crippen molar-refractivity contribution in [1.29, 1.82) is 4.78 Å². The van der Waals surface area contributed by atoms with Crippen LogP contribution in [0.15, 0.2) is 12.7 Å². The number of rotatable bonds is 6. The lowest BCUT2D eigenvalue weighted by Gasteiger charge is -2.30. The minimum Gasteiger partial charge on any atom is -0.444 e. The molecule has 0 fully saturated rings. The fourth-order valence-corrected chi connectivity index (χ4v) is 5.01. The van der Waals surface area contributed by atoms with Crippen LogP contribution < -0.4 is 0 Å². The first kappa shape index (κ1) is 14.9. The lowest BCUT2D eigenvalue weighted by molar-refractivity contribution is 0.588. The van der Waals surface area contributed by atoms with E-state index in [2.05, 4.69) is 33.9 Å². The maximum atomic E-state index is 11.3. The molecule has 0 rings (SSSR count). The molecule has 2 unspecified atom stereocenters. The van der Waals surface area contributed by atoms with Crippen LogP contribution in [0, 0.1) is 4.78 Å². The molecule has 15 heavy (non-hydrogen) atoms. The molecule has 0 heterocycles. The van der Waals surface area contributed by atoms with E-state index >= 15 is 0 Å². The molecule has 0 aromatic rings. The van der Waals surface area contributed by atoms with E-state index < -0.39 is 19.4 Å². The Morgan fingerprint density at radius 1 is 1.53 bits per heavy atom. The van der Waals surface area contributed by atoms with Crippen LogP contribution in [0.25, 0.3) is 0 Å². The van der Waals surface area contributed by atoms with Crippen LogP contribution in [0.3, 0.4) is 0 Å². The molecule has 0 saturated carbocycles. The van der Waals surface area contributed by atoms with Crippen LogP contribution in [-0.4, -0.2) is 14.0 Å². The van der Waals surface area contributed by atoms with Crippen molar-refractivity contribution in [3.05, 3.63) is 12.7 Å². The molecule has 0 saturated heterocycles. The van der Waals surface area contributed by atoms with Crippen molar-refractivity contribution in [1.82, 2.24) is 0 Å². The monoisotopic (exact) mass is 246 g/mol. The number of hydrogen-bond donors (Lipinski definition) is 1. The van der Waals surface area contributed by atoms with Gasteiger partial charge in [-0.2, -0.15) is 10.6 Å². The van der Waals surface area contributed by atoms with Gasteiger partial charge >= 0.3 is 0 Å². The summed E-state index contributed by atoms with van der Waals surface area (Å²) in [6.07, 6.45) is 3.58. The summed E-state index contributed by atoms with van der Waals surface area (Å²) in [5.74, 6) is 0. The number of nitrogens with one attached hydrogen (secondary N) is 1. The minimum absolute atomic E-state index is 0.0592. The smallest absolute Gasteiger partial charge is 0.0378 e. The van der Waals surface area contributed by atoms with Gasteiger partial charge in [-0.05, 0) is 11.5 Å². The van der Waals surface area contributed by atoms with Gasteiger partial charge in [-0.1, -0.05) is 51.1 Å². The maximum Gasteiger partial charge on any atom is 0.0378 e. The Morgan fingerprint density at radius 2 is 2.07 bits per heavy atom. The van der Waals surface area contributed by atoms with E-state index in [0.717, 1.165) is 18.9 Å². The van der Waals surface area contributed by atoms with Gasteiger partial charge in [0.05, 0.1) is 0 Å². The average Bonchev–Trinajstić information content (AvgIpc) is 2.09. The highest BCUT2D eigenvalue weighted by Crippen LogP contribution is 2.31. The average molecular weight is 246 g/mol. The first-order chi connectivity index (χ1) is 6.79. The quantitative estimate of drug-likeness (QED) is 0.433. The van der Waals surface area contributed by atoms with Crippen molar-refractivity contribution in [2.75, 3.05) is 0 Å². The van der Waals surface area contributed by atoms with Gasteiger partial charge in [0.15, 0.2) is 0 Å². The topological polar surface area (TPSA) is 40.9 Å². The molecular weight excluding hydrogens is 222 g/mol. The van der Waals surface area contributed by atoms with E-state index in [1.54, 1.807) is 0 Å². The molecule has 0 amide bonds. The summed E-state index contributed by atoms with van der Waals surface area (Å²) in [5, 5.41) is 0.426. The number of allylic oxidation sites excluding steroid dienone is 1. The van der Waals surface area contributed by atoms with Gasteiger partial charge in [0.1, 0.15) is 0 Å². The summed E-state index contributed by atoms with van der Waals surface area (Å²) >= 11 is 0. The summed E-state index contributed by atoms with van der Waals surface area (Å²) in [5.41, 5.74) is 0. The summed E-state index contributed by atoms with van der Waals surface area (Å²) < 4.78 is 18.6. The summed E-state index contributed by atoms with van der Waals surface area (Å²) in [7, 11) is -2.32. The Labute approximate surface area is 97.8 Å². The van der Waals surface area contributed by atoms with E-state index in [4.69, 9.17) is 4.78 Å².